The molecule has 2 aromatic rings. The number of rotatable bonds is 4. The molecule has 1 aliphatic heterocycles. The Labute approximate surface area is 137 Å². The predicted molar refractivity (Wildman–Crippen MR) is 83.0 cm³/mol. The van der Waals surface area contributed by atoms with Crippen LogP contribution in [0.1, 0.15) is 12.8 Å². The lowest BCUT2D eigenvalue weighted by atomic mass is 10.3. The molecule has 0 unspecified atom stereocenters. The van der Waals surface area contributed by atoms with Gasteiger partial charge < -0.3 is 4.90 Å². The minimum atomic E-state index is -4.32. The van der Waals surface area contributed by atoms with E-state index in [0.717, 1.165) is 24.6 Å². The molecule has 24 heavy (non-hydrogen) atoms. The smallest absolute Gasteiger partial charge is 0.266 e. The van der Waals surface area contributed by atoms with Crippen LogP contribution in [0, 0.1) is 11.6 Å². The molecule has 2 heterocycles. The topological polar surface area (TPSA) is 79.4 Å². The summed E-state index contributed by atoms with van der Waals surface area (Å²) in [6.45, 7) is 0.583. The van der Waals surface area contributed by atoms with Gasteiger partial charge in [0.25, 0.3) is 10.0 Å². The minimum absolute atomic E-state index is 0.0213. The standard InChI is InChI=1S/C15H13F2N3O3S/c16-11-3-1-4-12(15(11)17)24(22,23)19-13-7-6-10(9-18-13)20-8-2-5-14(20)21/h1,3-4,6-7,9H,2,5,8H2,(H,18,19). The van der Waals surface area contributed by atoms with E-state index in [0.29, 0.717) is 18.7 Å². The first-order chi connectivity index (χ1) is 11.4. The molecule has 1 aromatic heterocycles. The predicted octanol–water partition coefficient (Wildman–Crippen LogP) is 2.29. The molecule has 6 nitrogen and oxygen atoms in total. The van der Waals surface area contributed by atoms with Gasteiger partial charge in [0.2, 0.25) is 5.91 Å². The lowest BCUT2D eigenvalue weighted by molar-refractivity contribution is -0.117. The van der Waals surface area contributed by atoms with Crippen LogP contribution >= 0.6 is 0 Å². The molecule has 0 radical (unpaired) electrons. The number of anilines is 2. The third-order valence-electron chi connectivity index (χ3n) is 3.58. The average Bonchev–Trinajstić information content (AvgIpc) is 2.96. The zero-order valence-electron chi connectivity index (χ0n) is 12.4. The zero-order valence-corrected chi connectivity index (χ0v) is 13.2. The fourth-order valence-electron chi connectivity index (χ4n) is 2.41. The van der Waals surface area contributed by atoms with E-state index in [1.54, 1.807) is 4.90 Å². The molecule has 126 valence electrons. The van der Waals surface area contributed by atoms with Gasteiger partial charge in [-0.25, -0.2) is 22.2 Å². The first-order valence-electron chi connectivity index (χ1n) is 7.12. The third kappa shape index (κ3) is 3.07. The van der Waals surface area contributed by atoms with Gasteiger partial charge >= 0.3 is 0 Å². The number of carbonyl (C=O) groups excluding carboxylic acids is 1. The number of benzene rings is 1. The number of nitrogens with one attached hydrogen (secondary N) is 1. The van der Waals surface area contributed by atoms with Crippen molar-refractivity contribution in [3.63, 3.8) is 0 Å². The summed E-state index contributed by atoms with van der Waals surface area (Å²) >= 11 is 0. The molecule has 1 aliphatic rings. The number of pyridine rings is 1. The van der Waals surface area contributed by atoms with E-state index in [-0.39, 0.29) is 11.7 Å². The molecule has 0 aliphatic carbocycles. The highest BCUT2D eigenvalue weighted by Gasteiger charge is 2.24. The van der Waals surface area contributed by atoms with Gasteiger partial charge in [-0.3, -0.25) is 9.52 Å². The van der Waals surface area contributed by atoms with E-state index in [4.69, 9.17) is 0 Å². The van der Waals surface area contributed by atoms with E-state index < -0.39 is 26.6 Å². The molecule has 0 spiro atoms. The molecular formula is C15H13F2N3O3S. The molecule has 1 N–H and O–H groups in total. The number of sulfonamides is 1. The molecule has 3 rings (SSSR count). The summed E-state index contributed by atoms with van der Waals surface area (Å²) in [5, 5.41) is 0. The van der Waals surface area contributed by atoms with Crippen LogP contribution in [0.2, 0.25) is 0 Å². The van der Waals surface area contributed by atoms with Crippen molar-refractivity contribution in [2.45, 2.75) is 17.7 Å². The Morgan fingerprint density at radius 2 is 1.96 bits per heavy atom. The highest BCUT2D eigenvalue weighted by molar-refractivity contribution is 7.92. The van der Waals surface area contributed by atoms with Crippen LogP contribution in [0.25, 0.3) is 0 Å². The van der Waals surface area contributed by atoms with Gasteiger partial charge in [0.05, 0.1) is 11.9 Å². The minimum Gasteiger partial charge on any atom is -0.311 e. The molecular weight excluding hydrogens is 340 g/mol. The summed E-state index contributed by atoms with van der Waals surface area (Å²) in [6, 6.07) is 5.78. The Bertz CT molecular complexity index is 885. The highest BCUT2D eigenvalue weighted by atomic mass is 32.2. The summed E-state index contributed by atoms with van der Waals surface area (Å²) in [7, 11) is -4.32. The highest BCUT2D eigenvalue weighted by Crippen LogP contribution is 2.23. The Morgan fingerprint density at radius 1 is 1.17 bits per heavy atom. The summed E-state index contributed by atoms with van der Waals surface area (Å²) in [5.41, 5.74) is 0.553. The largest absolute Gasteiger partial charge is 0.311 e. The molecule has 0 atom stereocenters. The third-order valence-corrected chi connectivity index (χ3v) is 4.95. The number of hydrogen-bond donors (Lipinski definition) is 1. The Morgan fingerprint density at radius 3 is 2.58 bits per heavy atom. The van der Waals surface area contributed by atoms with Crippen molar-refractivity contribution < 1.29 is 22.0 Å². The fraction of sp³-hybridized carbons (Fsp3) is 0.200. The van der Waals surface area contributed by atoms with Crippen LogP contribution in [0.15, 0.2) is 41.4 Å². The van der Waals surface area contributed by atoms with Crippen molar-refractivity contribution in [1.82, 2.24) is 4.98 Å². The summed E-state index contributed by atoms with van der Waals surface area (Å²) in [5.74, 6) is -2.79. The first kappa shape index (κ1) is 16.3. The second kappa shape index (κ2) is 6.16. The molecule has 0 bridgehead atoms. The van der Waals surface area contributed by atoms with Crippen LogP contribution in [0.4, 0.5) is 20.3 Å². The second-order valence-electron chi connectivity index (χ2n) is 5.21. The number of nitrogens with zero attached hydrogens (tertiary/aromatic N) is 2. The SMILES string of the molecule is O=C1CCCN1c1ccc(NS(=O)(=O)c2cccc(F)c2F)nc1. The van der Waals surface area contributed by atoms with Crippen molar-refractivity contribution in [2.24, 2.45) is 0 Å². The number of halogens is 2. The summed E-state index contributed by atoms with van der Waals surface area (Å²) in [6.07, 6.45) is 2.57. The van der Waals surface area contributed by atoms with Crippen molar-refractivity contribution in [2.75, 3.05) is 16.2 Å². The van der Waals surface area contributed by atoms with Crippen LogP contribution in [0.3, 0.4) is 0 Å². The maximum absolute atomic E-state index is 13.7. The Kier molecular flexibility index (Phi) is 4.18. The van der Waals surface area contributed by atoms with E-state index in [2.05, 4.69) is 9.71 Å². The van der Waals surface area contributed by atoms with E-state index >= 15 is 0 Å². The van der Waals surface area contributed by atoms with Crippen molar-refractivity contribution in [3.8, 4) is 0 Å². The van der Waals surface area contributed by atoms with Gasteiger partial charge in [0.15, 0.2) is 11.6 Å². The van der Waals surface area contributed by atoms with Gasteiger partial charge in [0.1, 0.15) is 10.7 Å². The van der Waals surface area contributed by atoms with Crippen molar-refractivity contribution in [1.29, 1.82) is 0 Å². The summed E-state index contributed by atoms with van der Waals surface area (Å²) in [4.78, 5) is 16.3. The monoisotopic (exact) mass is 353 g/mol. The van der Waals surface area contributed by atoms with Crippen LogP contribution < -0.4 is 9.62 Å². The molecule has 1 saturated heterocycles. The van der Waals surface area contributed by atoms with Gasteiger partial charge in [-0.1, -0.05) is 6.07 Å². The van der Waals surface area contributed by atoms with Crippen LogP contribution in [-0.2, 0) is 14.8 Å². The molecule has 1 fully saturated rings. The molecule has 9 heteroatoms. The van der Waals surface area contributed by atoms with E-state index in [1.165, 1.54) is 18.3 Å². The van der Waals surface area contributed by atoms with E-state index in [1.807, 2.05) is 0 Å². The lowest BCUT2D eigenvalue weighted by Gasteiger charge is -2.15. The molecule has 0 saturated carbocycles. The maximum Gasteiger partial charge on any atom is 0.266 e. The van der Waals surface area contributed by atoms with Crippen molar-refractivity contribution in [3.05, 3.63) is 48.2 Å². The normalized spacial score (nSPS) is 14.9. The second-order valence-corrected chi connectivity index (χ2v) is 6.86. The van der Waals surface area contributed by atoms with Gasteiger partial charge in [-0.15, -0.1) is 0 Å². The zero-order chi connectivity index (χ0) is 17.3. The van der Waals surface area contributed by atoms with E-state index in [9.17, 15) is 22.0 Å². The number of carbonyl (C=O) groups is 1. The van der Waals surface area contributed by atoms with Gasteiger partial charge in [0, 0.05) is 13.0 Å². The molecule has 1 amide bonds. The number of hydrogen-bond acceptors (Lipinski definition) is 4. The Balaban J connectivity index is 1.83. The maximum atomic E-state index is 13.7. The van der Waals surface area contributed by atoms with Gasteiger partial charge in [-0.2, -0.15) is 0 Å². The van der Waals surface area contributed by atoms with Crippen LogP contribution in [0.5, 0.6) is 0 Å². The quantitative estimate of drug-likeness (QED) is 0.915. The number of amides is 1. The Hall–Kier alpha value is -2.55. The first-order valence-corrected chi connectivity index (χ1v) is 8.60. The lowest BCUT2D eigenvalue weighted by Crippen LogP contribution is -2.24. The average molecular weight is 353 g/mol. The fourth-order valence-corrected chi connectivity index (χ4v) is 3.51. The molecule has 1 aromatic carbocycles. The van der Waals surface area contributed by atoms with Crippen molar-refractivity contribution >= 4 is 27.4 Å². The summed E-state index contributed by atoms with van der Waals surface area (Å²) < 4.78 is 53.2. The number of aromatic nitrogens is 1. The van der Waals surface area contributed by atoms with Gasteiger partial charge in [-0.05, 0) is 30.7 Å². The van der Waals surface area contributed by atoms with Crippen LogP contribution in [-0.4, -0.2) is 25.9 Å².